The van der Waals surface area contributed by atoms with Crippen LogP contribution in [-0.4, -0.2) is 36.3 Å². The number of fused-ring (bicyclic) bond motifs is 2. The Hall–Kier alpha value is -3.33. The molecule has 0 saturated heterocycles. The van der Waals surface area contributed by atoms with E-state index < -0.39 is 17.7 Å². The predicted octanol–water partition coefficient (Wildman–Crippen LogP) is 7.14. The van der Waals surface area contributed by atoms with Crippen molar-refractivity contribution in [2.24, 2.45) is 0 Å². The molecule has 1 N–H and O–H groups in total. The van der Waals surface area contributed by atoms with Crippen molar-refractivity contribution in [2.75, 3.05) is 0 Å². The maximum absolute atomic E-state index is 12.5. The van der Waals surface area contributed by atoms with E-state index in [0.29, 0.717) is 10.6 Å². The van der Waals surface area contributed by atoms with E-state index in [1.807, 2.05) is 64.5 Å². The Morgan fingerprint density at radius 2 is 1.92 bits per heavy atom. The monoisotopic (exact) mass is 534 g/mol. The second-order valence-electron chi connectivity index (χ2n) is 9.94. The van der Waals surface area contributed by atoms with Crippen molar-refractivity contribution in [3.05, 3.63) is 70.6 Å². The number of benzene rings is 2. The Kier molecular flexibility index (Phi) is 6.52. The third kappa shape index (κ3) is 4.84. The number of carbonyl (C=O) groups is 1. The van der Waals surface area contributed by atoms with Gasteiger partial charge >= 0.3 is 5.97 Å². The van der Waals surface area contributed by atoms with Crippen molar-refractivity contribution in [3.63, 3.8) is 0 Å². The van der Waals surface area contributed by atoms with Gasteiger partial charge in [0, 0.05) is 39.7 Å². The number of thiazole rings is 1. The molecule has 0 amide bonds. The average molecular weight is 535 g/mol. The first-order chi connectivity index (χ1) is 17.6. The van der Waals surface area contributed by atoms with Crippen molar-refractivity contribution >= 4 is 44.8 Å². The number of carboxylic acid groups (broad SMARTS) is 1. The van der Waals surface area contributed by atoms with E-state index in [4.69, 9.17) is 21.3 Å². The van der Waals surface area contributed by atoms with Gasteiger partial charge in [0.1, 0.15) is 5.01 Å². The summed E-state index contributed by atoms with van der Waals surface area (Å²) in [6.07, 6.45) is 5.27. The van der Waals surface area contributed by atoms with E-state index >= 15 is 0 Å². The lowest BCUT2D eigenvalue weighted by Gasteiger charge is -2.28. The Morgan fingerprint density at radius 3 is 2.57 bits per heavy atom. The van der Waals surface area contributed by atoms with Crippen LogP contribution in [0.25, 0.3) is 37.6 Å². The van der Waals surface area contributed by atoms with E-state index in [-0.39, 0.29) is 0 Å². The zero-order valence-corrected chi connectivity index (χ0v) is 22.8. The standard InChI is InChI=1S/C28H27ClN4O3S/c1-6-16-13-31-33-14-18(12-30-25(16)33)26-32-20-11-15(2)21(23(27(34)35)36-28(3,4)5)22(24(20)37-26)17-7-9-19(29)10-8-17/h7-14,23H,6H2,1-5H3,(H,34,35). The van der Waals surface area contributed by atoms with Crippen molar-refractivity contribution < 1.29 is 14.6 Å². The summed E-state index contributed by atoms with van der Waals surface area (Å²) < 4.78 is 8.73. The minimum atomic E-state index is -1.16. The molecule has 1 unspecified atom stereocenters. The fraction of sp³-hybridized carbons (Fsp3) is 0.286. The normalized spacial score (nSPS) is 12.9. The van der Waals surface area contributed by atoms with Crippen LogP contribution in [0.5, 0.6) is 0 Å². The van der Waals surface area contributed by atoms with Crippen molar-refractivity contribution in [2.45, 2.75) is 52.7 Å². The van der Waals surface area contributed by atoms with Crippen LogP contribution in [0.4, 0.5) is 0 Å². The first kappa shape index (κ1) is 25.3. The lowest BCUT2D eigenvalue weighted by molar-refractivity contribution is -0.160. The average Bonchev–Trinajstić information content (AvgIpc) is 3.45. The van der Waals surface area contributed by atoms with Gasteiger partial charge in [0.15, 0.2) is 11.8 Å². The number of rotatable bonds is 6. The van der Waals surface area contributed by atoms with Crippen LogP contribution in [0.15, 0.2) is 48.9 Å². The smallest absolute Gasteiger partial charge is 0.337 e. The molecular weight excluding hydrogens is 508 g/mol. The number of carboxylic acids is 1. The van der Waals surface area contributed by atoms with Crippen LogP contribution in [0.1, 0.15) is 50.5 Å². The van der Waals surface area contributed by atoms with Gasteiger partial charge in [-0.05, 0) is 63.4 Å². The number of hydrogen-bond acceptors (Lipinski definition) is 6. The maximum Gasteiger partial charge on any atom is 0.337 e. The van der Waals surface area contributed by atoms with Crippen LogP contribution in [0.3, 0.4) is 0 Å². The molecule has 5 rings (SSSR count). The maximum atomic E-state index is 12.5. The second kappa shape index (κ2) is 9.52. The summed E-state index contributed by atoms with van der Waals surface area (Å²) in [5.74, 6) is -1.04. The molecule has 3 heterocycles. The topological polar surface area (TPSA) is 89.6 Å². The molecule has 9 heteroatoms. The Balaban J connectivity index is 1.76. The van der Waals surface area contributed by atoms with Crippen molar-refractivity contribution in [3.8, 4) is 21.7 Å². The van der Waals surface area contributed by atoms with Crippen molar-refractivity contribution in [1.29, 1.82) is 0 Å². The molecule has 0 bridgehead atoms. The molecule has 1 atom stereocenters. The summed E-state index contributed by atoms with van der Waals surface area (Å²) in [5.41, 5.74) is 5.90. The first-order valence-electron chi connectivity index (χ1n) is 12.0. The summed E-state index contributed by atoms with van der Waals surface area (Å²) in [4.78, 5) is 22.1. The fourth-order valence-corrected chi connectivity index (χ4v) is 5.67. The second-order valence-corrected chi connectivity index (χ2v) is 11.4. The van der Waals surface area contributed by atoms with Gasteiger partial charge in [0.05, 0.1) is 22.0 Å². The molecule has 37 heavy (non-hydrogen) atoms. The first-order valence-corrected chi connectivity index (χ1v) is 13.2. The van der Waals surface area contributed by atoms with E-state index in [1.165, 1.54) is 11.3 Å². The lowest BCUT2D eigenvalue weighted by atomic mass is 9.91. The number of halogens is 1. The SMILES string of the molecule is CCc1cnn2cc(-c3nc4cc(C)c(C(OC(C)(C)C)C(=O)O)c(-c5ccc(Cl)cc5)c4s3)cnc12. The summed E-state index contributed by atoms with van der Waals surface area (Å²) >= 11 is 7.68. The third-order valence-corrected chi connectivity index (χ3v) is 7.47. The Labute approximate surface area is 223 Å². The van der Waals surface area contributed by atoms with Gasteiger partial charge in [-0.25, -0.2) is 19.3 Å². The molecule has 0 aliphatic carbocycles. The molecule has 0 saturated carbocycles. The highest BCUT2D eigenvalue weighted by molar-refractivity contribution is 7.22. The minimum absolute atomic E-state index is 0.602. The number of hydrogen-bond donors (Lipinski definition) is 1. The van der Waals surface area contributed by atoms with Gasteiger partial charge in [0.25, 0.3) is 0 Å². The summed E-state index contributed by atoms with van der Waals surface area (Å²) in [7, 11) is 0. The van der Waals surface area contributed by atoms with Crippen LogP contribution in [0, 0.1) is 6.92 Å². The molecule has 0 spiro atoms. The summed E-state index contributed by atoms with van der Waals surface area (Å²) in [6, 6.07) is 9.34. The van der Waals surface area contributed by atoms with Crippen molar-refractivity contribution in [1.82, 2.24) is 19.6 Å². The molecule has 7 nitrogen and oxygen atoms in total. The van der Waals surface area contributed by atoms with Gasteiger partial charge in [-0.15, -0.1) is 11.3 Å². The number of aliphatic carboxylic acids is 1. The Bertz CT molecular complexity index is 1630. The molecule has 0 radical (unpaired) electrons. The summed E-state index contributed by atoms with van der Waals surface area (Å²) in [6.45, 7) is 9.54. The number of nitrogens with zero attached hydrogens (tertiary/aromatic N) is 4. The molecule has 5 aromatic rings. The van der Waals surface area contributed by atoms with Gasteiger partial charge in [-0.2, -0.15) is 5.10 Å². The Morgan fingerprint density at radius 1 is 1.19 bits per heavy atom. The number of aryl methyl sites for hydroxylation is 2. The van der Waals surface area contributed by atoms with E-state index in [9.17, 15) is 9.90 Å². The van der Waals surface area contributed by atoms with Crippen LogP contribution < -0.4 is 0 Å². The van der Waals surface area contributed by atoms with E-state index in [1.54, 1.807) is 16.6 Å². The highest BCUT2D eigenvalue weighted by Crippen LogP contribution is 2.44. The molecular formula is C28H27ClN4O3S. The molecule has 0 aliphatic heterocycles. The van der Waals surface area contributed by atoms with Gasteiger partial charge < -0.3 is 9.84 Å². The minimum Gasteiger partial charge on any atom is -0.479 e. The van der Waals surface area contributed by atoms with E-state index in [2.05, 4.69) is 17.0 Å². The molecule has 3 aromatic heterocycles. The summed E-state index contributed by atoms with van der Waals surface area (Å²) in [5, 5.41) is 16.0. The predicted molar refractivity (Wildman–Crippen MR) is 147 cm³/mol. The molecule has 2 aromatic carbocycles. The molecule has 190 valence electrons. The van der Waals surface area contributed by atoms with E-state index in [0.717, 1.165) is 55.1 Å². The lowest BCUT2D eigenvalue weighted by Crippen LogP contribution is -2.28. The highest BCUT2D eigenvalue weighted by Gasteiger charge is 2.32. The highest BCUT2D eigenvalue weighted by atomic mass is 35.5. The molecule has 0 fully saturated rings. The molecule has 0 aliphatic rings. The number of ether oxygens (including phenoxy) is 1. The zero-order chi connectivity index (χ0) is 26.5. The van der Waals surface area contributed by atoms with Crippen LogP contribution in [-0.2, 0) is 16.0 Å². The van der Waals surface area contributed by atoms with Crippen LogP contribution >= 0.6 is 22.9 Å². The largest absolute Gasteiger partial charge is 0.479 e. The van der Waals surface area contributed by atoms with Gasteiger partial charge in [0.2, 0.25) is 0 Å². The zero-order valence-electron chi connectivity index (χ0n) is 21.2. The number of aromatic nitrogens is 4. The van der Waals surface area contributed by atoms with Crippen LogP contribution in [0.2, 0.25) is 5.02 Å². The fourth-order valence-electron chi connectivity index (χ4n) is 4.45. The third-order valence-electron chi connectivity index (χ3n) is 6.08. The van der Waals surface area contributed by atoms with Gasteiger partial charge in [-0.3, -0.25) is 0 Å². The quantitative estimate of drug-likeness (QED) is 0.249. The van der Waals surface area contributed by atoms with Gasteiger partial charge in [-0.1, -0.05) is 30.7 Å².